The summed E-state index contributed by atoms with van der Waals surface area (Å²) in [5, 5.41) is 0. The van der Waals surface area contributed by atoms with Gasteiger partial charge in [-0.1, -0.05) is 6.92 Å². The van der Waals surface area contributed by atoms with Gasteiger partial charge in [-0.2, -0.15) is 13.2 Å². The molecule has 4 nitrogen and oxygen atoms in total. The number of hydrogen-bond acceptors (Lipinski definition) is 3. The second kappa shape index (κ2) is 5.93. The van der Waals surface area contributed by atoms with E-state index in [1.165, 1.54) is 4.90 Å². The summed E-state index contributed by atoms with van der Waals surface area (Å²) in [5.41, 5.74) is 4.39. The van der Waals surface area contributed by atoms with Crippen LogP contribution in [0.5, 0.6) is 0 Å². The maximum absolute atomic E-state index is 13.0. The van der Waals surface area contributed by atoms with Crippen molar-refractivity contribution >= 4 is 11.6 Å². The third-order valence-electron chi connectivity index (χ3n) is 3.69. The SMILES string of the molecule is CCN1CCN(C(=O)c2cc(N)ccc2C(F)(F)F)CC1. The average molecular weight is 301 g/mol. The summed E-state index contributed by atoms with van der Waals surface area (Å²) in [6.45, 7) is 5.08. The molecule has 7 heteroatoms. The van der Waals surface area contributed by atoms with Crippen molar-refractivity contribution in [1.29, 1.82) is 0 Å². The number of anilines is 1. The first-order chi connectivity index (χ1) is 9.82. The number of nitrogens with zero attached hydrogens (tertiary/aromatic N) is 2. The fourth-order valence-electron chi connectivity index (χ4n) is 2.42. The lowest BCUT2D eigenvalue weighted by atomic mass is 10.0. The first-order valence-corrected chi connectivity index (χ1v) is 6.81. The molecule has 1 aromatic rings. The highest BCUT2D eigenvalue weighted by atomic mass is 19.4. The molecule has 0 aliphatic carbocycles. The zero-order valence-corrected chi connectivity index (χ0v) is 11.8. The van der Waals surface area contributed by atoms with Crippen molar-refractivity contribution in [3.05, 3.63) is 29.3 Å². The van der Waals surface area contributed by atoms with Gasteiger partial charge in [0.15, 0.2) is 0 Å². The van der Waals surface area contributed by atoms with Gasteiger partial charge < -0.3 is 15.5 Å². The summed E-state index contributed by atoms with van der Waals surface area (Å²) >= 11 is 0. The number of hydrogen-bond donors (Lipinski definition) is 1. The Hall–Kier alpha value is -1.76. The summed E-state index contributed by atoms with van der Waals surface area (Å²) in [4.78, 5) is 16.0. The number of piperazine rings is 1. The van der Waals surface area contributed by atoms with E-state index < -0.39 is 17.6 Å². The molecule has 1 aromatic carbocycles. The second-order valence-corrected chi connectivity index (χ2v) is 5.03. The first kappa shape index (κ1) is 15.6. The fraction of sp³-hybridized carbons (Fsp3) is 0.500. The maximum Gasteiger partial charge on any atom is 0.417 e. The van der Waals surface area contributed by atoms with Gasteiger partial charge in [-0.25, -0.2) is 0 Å². The predicted molar refractivity (Wildman–Crippen MR) is 73.9 cm³/mol. The van der Waals surface area contributed by atoms with Gasteiger partial charge in [0.25, 0.3) is 5.91 Å². The number of benzene rings is 1. The van der Waals surface area contributed by atoms with Gasteiger partial charge in [0.05, 0.1) is 11.1 Å². The van der Waals surface area contributed by atoms with Gasteiger partial charge in [0, 0.05) is 31.9 Å². The van der Waals surface area contributed by atoms with Crippen LogP contribution in [0.1, 0.15) is 22.8 Å². The van der Waals surface area contributed by atoms with Crippen molar-refractivity contribution in [2.75, 3.05) is 38.5 Å². The Morgan fingerprint density at radius 1 is 1.24 bits per heavy atom. The maximum atomic E-state index is 13.0. The Kier molecular flexibility index (Phi) is 4.41. The number of amides is 1. The van der Waals surface area contributed by atoms with Crippen LogP contribution in [-0.4, -0.2) is 48.4 Å². The summed E-state index contributed by atoms with van der Waals surface area (Å²) < 4.78 is 39.0. The molecule has 0 radical (unpaired) electrons. The number of nitrogen functional groups attached to an aromatic ring is 1. The van der Waals surface area contributed by atoms with Crippen molar-refractivity contribution in [3.63, 3.8) is 0 Å². The van der Waals surface area contributed by atoms with E-state index in [0.717, 1.165) is 24.7 Å². The summed E-state index contributed by atoms with van der Waals surface area (Å²) in [6, 6.07) is 3.14. The molecule has 21 heavy (non-hydrogen) atoms. The Bertz CT molecular complexity index is 523. The van der Waals surface area contributed by atoms with Gasteiger partial charge >= 0.3 is 6.18 Å². The van der Waals surface area contributed by atoms with Crippen LogP contribution >= 0.6 is 0 Å². The minimum absolute atomic E-state index is 0.151. The number of halogens is 3. The van der Waals surface area contributed by atoms with Gasteiger partial charge in [0.1, 0.15) is 0 Å². The largest absolute Gasteiger partial charge is 0.417 e. The molecule has 1 heterocycles. The van der Waals surface area contributed by atoms with Crippen LogP contribution in [0.3, 0.4) is 0 Å². The molecule has 2 rings (SSSR count). The van der Waals surface area contributed by atoms with Crippen LogP contribution in [0, 0.1) is 0 Å². The molecule has 116 valence electrons. The van der Waals surface area contributed by atoms with Crippen molar-refractivity contribution in [2.45, 2.75) is 13.1 Å². The van der Waals surface area contributed by atoms with E-state index in [1.807, 2.05) is 6.92 Å². The molecular weight excluding hydrogens is 283 g/mol. The second-order valence-electron chi connectivity index (χ2n) is 5.03. The number of rotatable bonds is 2. The molecule has 1 amide bonds. The van der Waals surface area contributed by atoms with Crippen molar-refractivity contribution < 1.29 is 18.0 Å². The van der Waals surface area contributed by atoms with E-state index in [1.54, 1.807) is 0 Å². The molecule has 0 unspecified atom stereocenters. The molecule has 0 aromatic heterocycles. The Balaban J connectivity index is 2.25. The van der Waals surface area contributed by atoms with Crippen LogP contribution in [0.25, 0.3) is 0 Å². The molecule has 0 saturated carbocycles. The Morgan fingerprint density at radius 2 is 1.86 bits per heavy atom. The molecule has 0 atom stereocenters. The fourth-order valence-corrected chi connectivity index (χ4v) is 2.42. The predicted octanol–water partition coefficient (Wildman–Crippen LogP) is 2.07. The molecule has 1 aliphatic heterocycles. The minimum Gasteiger partial charge on any atom is -0.399 e. The Morgan fingerprint density at radius 3 is 2.38 bits per heavy atom. The third-order valence-corrected chi connectivity index (χ3v) is 3.69. The Labute approximate surface area is 121 Å². The van der Waals surface area contributed by atoms with Gasteiger partial charge in [-0.05, 0) is 24.7 Å². The highest BCUT2D eigenvalue weighted by molar-refractivity contribution is 5.96. The number of carbonyl (C=O) groups is 1. The molecule has 1 aliphatic rings. The smallest absolute Gasteiger partial charge is 0.399 e. The van der Waals surface area contributed by atoms with E-state index >= 15 is 0 Å². The van der Waals surface area contributed by atoms with E-state index in [0.29, 0.717) is 26.2 Å². The van der Waals surface area contributed by atoms with Crippen molar-refractivity contribution in [2.24, 2.45) is 0 Å². The number of nitrogens with two attached hydrogens (primary N) is 1. The van der Waals surface area contributed by atoms with Crippen LogP contribution < -0.4 is 5.73 Å². The van der Waals surface area contributed by atoms with Crippen molar-refractivity contribution in [3.8, 4) is 0 Å². The van der Waals surface area contributed by atoms with Crippen molar-refractivity contribution in [1.82, 2.24) is 9.80 Å². The topological polar surface area (TPSA) is 49.6 Å². The molecular formula is C14H18F3N3O. The van der Waals surface area contributed by atoms with E-state index in [9.17, 15) is 18.0 Å². The van der Waals surface area contributed by atoms with E-state index in [4.69, 9.17) is 5.73 Å². The van der Waals surface area contributed by atoms with Crippen LogP contribution in [0.15, 0.2) is 18.2 Å². The van der Waals surface area contributed by atoms with Gasteiger partial charge in [0.2, 0.25) is 0 Å². The zero-order valence-electron chi connectivity index (χ0n) is 11.8. The molecule has 1 saturated heterocycles. The summed E-state index contributed by atoms with van der Waals surface area (Å²) in [7, 11) is 0. The summed E-state index contributed by atoms with van der Waals surface area (Å²) in [6.07, 6.45) is -4.57. The highest BCUT2D eigenvalue weighted by Gasteiger charge is 2.36. The average Bonchev–Trinajstić information content (AvgIpc) is 2.45. The molecule has 2 N–H and O–H groups in total. The zero-order chi connectivity index (χ0) is 15.6. The summed E-state index contributed by atoms with van der Waals surface area (Å²) in [5.74, 6) is -0.606. The highest BCUT2D eigenvalue weighted by Crippen LogP contribution is 2.33. The quantitative estimate of drug-likeness (QED) is 0.851. The lowest BCUT2D eigenvalue weighted by Gasteiger charge is -2.34. The standard InChI is InChI=1S/C14H18F3N3O/c1-2-19-5-7-20(8-6-19)13(21)11-9-10(18)3-4-12(11)14(15,16)17/h3-4,9H,2,5-8,18H2,1H3. The van der Waals surface area contributed by atoms with Gasteiger partial charge in [-0.15, -0.1) is 0 Å². The van der Waals surface area contributed by atoms with Gasteiger partial charge in [-0.3, -0.25) is 4.79 Å². The number of carbonyl (C=O) groups excluding carboxylic acids is 1. The lowest BCUT2D eigenvalue weighted by Crippen LogP contribution is -2.48. The normalized spacial score (nSPS) is 17.0. The lowest BCUT2D eigenvalue weighted by molar-refractivity contribution is -0.138. The first-order valence-electron chi connectivity index (χ1n) is 6.81. The van der Waals surface area contributed by atoms with Crippen LogP contribution in [0.2, 0.25) is 0 Å². The monoisotopic (exact) mass is 301 g/mol. The van der Waals surface area contributed by atoms with Crippen LogP contribution in [-0.2, 0) is 6.18 Å². The molecule has 1 fully saturated rings. The number of likely N-dealkylation sites (N-methyl/N-ethyl adjacent to an activating group) is 1. The third kappa shape index (κ3) is 3.47. The van der Waals surface area contributed by atoms with E-state index in [2.05, 4.69) is 4.90 Å². The number of alkyl halides is 3. The molecule has 0 spiro atoms. The van der Waals surface area contributed by atoms with E-state index in [-0.39, 0.29) is 11.3 Å². The molecule has 0 bridgehead atoms. The minimum atomic E-state index is -4.57. The van der Waals surface area contributed by atoms with Crippen LogP contribution in [0.4, 0.5) is 18.9 Å².